The second-order valence-corrected chi connectivity index (χ2v) is 5.79. The summed E-state index contributed by atoms with van der Waals surface area (Å²) in [4.78, 5) is 4.88. The maximum absolute atomic E-state index is 6.01. The van der Waals surface area contributed by atoms with E-state index in [2.05, 4.69) is 59.3 Å². The topological polar surface area (TPSA) is 6.48 Å². The molecule has 0 aliphatic carbocycles. The van der Waals surface area contributed by atoms with Crippen molar-refractivity contribution in [1.82, 2.24) is 4.90 Å². The first-order valence-corrected chi connectivity index (χ1v) is 7.37. The third-order valence-corrected chi connectivity index (χ3v) is 4.18. The van der Waals surface area contributed by atoms with Gasteiger partial charge in [-0.3, -0.25) is 0 Å². The third kappa shape index (κ3) is 2.82. The average Bonchev–Trinajstić information content (AvgIpc) is 2.49. The summed E-state index contributed by atoms with van der Waals surface area (Å²) in [6.45, 7) is 3.18. The van der Waals surface area contributed by atoms with E-state index in [0.717, 1.165) is 24.7 Å². The van der Waals surface area contributed by atoms with Crippen LogP contribution in [0, 0.1) is 0 Å². The standard InChI is InChI=1S/C17H19ClN2/c1-19-11-12-20(16-5-3-2-4-6-16)17(13-19)14-7-9-15(18)10-8-14/h2-10,17H,11-13H2,1H3. The summed E-state index contributed by atoms with van der Waals surface area (Å²) < 4.78 is 0. The Kier molecular flexibility index (Phi) is 3.95. The summed E-state index contributed by atoms with van der Waals surface area (Å²) in [6, 6.07) is 19.3. The zero-order valence-corrected chi connectivity index (χ0v) is 12.4. The lowest BCUT2D eigenvalue weighted by molar-refractivity contribution is 0.269. The highest BCUT2D eigenvalue weighted by Crippen LogP contribution is 2.30. The van der Waals surface area contributed by atoms with E-state index in [-0.39, 0.29) is 0 Å². The van der Waals surface area contributed by atoms with Crippen LogP contribution in [0.3, 0.4) is 0 Å². The van der Waals surface area contributed by atoms with Crippen molar-refractivity contribution in [3.63, 3.8) is 0 Å². The summed E-state index contributed by atoms with van der Waals surface area (Å²) in [5.74, 6) is 0. The van der Waals surface area contributed by atoms with Gasteiger partial charge in [0.25, 0.3) is 0 Å². The first-order valence-electron chi connectivity index (χ1n) is 7.00. The van der Waals surface area contributed by atoms with E-state index in [9.17, 15) is 0 Å². The van der Waals surface area contributed by atoms with Crippen LogP contribution in [-0.2, 0) is 0 Å². The predicted octanol–water partition coefficient (Wildman–Crippen LogP) is 3.83. The molecule has 1 saturated heterocycles. The molecule has 104 valence electrons. The number of rotatable bonds is 2. The van der Waals surface area contributed by atoms with Gasteiger partial charge in [-0.05, 0) is 36.9 Å². The van der Waals surface area contributed by atoms with E-state index in [4.69, 9.17) is 11.6 Å². The molecule has 0 radical (unpaired) electrons. The highest BCUT2D eigenvalue weighted by Gasteiger charge is 2.26. The summed E-state index contributed by atoms with van der Waals surface area (Å²) in [5.41, 5.74) is 2.62. The van der Waals surface area contributed by atoms with Crippen molar-refractivity contribution in [2.75, 3.05) is 31.6 Å². The average molecular weight is 287 g/mol. The molecule has 1 fully saturated rings. The zero-order valence-electron chi connectivity index (χ0n) is 11.7. The molecule has 0 aromatic heterocycles. The molecule has 2 nitrogen and oxygen atoms in total. The number of hydrogen-bond donors (Lipinski definition) is 0. The van der Waals surface area contributed by atoms with Gasteiger partial charge in [0.1, 0.15) is 0 Å². The predicted molar refractivity (Wildman–Crippen MR) is 85.5 cm³/mol. The summed E-state index contributed by atoms with van der Waals surface area (Å²) in [7, 11) is 2.19. The van der Waals surface area contributed by atoms with Crippen LogP contribution in [0.1, 0.15) is 11.6 Å². The lowest BCUT2D eigenvalue weighted by Crippen LogP contribution is -2.46. The Bertz CT molecular complexity index is 553. The summed E-state index contributed by atoms with van der Waals surface area (Å²) in [6.07, 6.45) is 0. The number of likely N-dealkylation sites (N-methyl/N-ethyl adjacent to an activating group) is 1. The Morgan fingerprint density at radius 3 is 2.35 bits per heavy atom. The fraction of sp³-hybridized carbons (Fsp3) is 0.294. The quantitative estimate of drug-likeness (QED) is 0.828. The minimum Gasteiger partial charge on any atom is -0.362 e. The number of piperazine rings is 1. The highest BCUT2D eigenvalue weighted by molar-refractivity contribution is 6.30. The van der Waals surface area contributed by atoms with Crippen molar-refractivity contribution in [3.05, 3.63) is 65.2 Å². The monoisotopic (exact) mass is 286 g/mol. The zero-order chi connectivity index (χ0) is 13.9. The van der Waals surface area contributed by atoms with E-state index in [0.29, 0.717) is 6.04 Å². The van der Waals surface area contributed by atoms with E-state index in [1.807, 2.05) is 12.1 Å². The van der Waals surface area contributed by atoms with Crippen molar-refractivity contribution in [2.45, 2.75) is 6.04 Å². The molecule has 1 unspecified atom stereocenters. The molecule has 1 heterocycles. The molecule has 0 saturated carbocycles. The van der Waals surface area contributed by atoms with Crippen molar-refractivity contribution in [1.29, 1.82) is 0 Å². The maximum Gasteiger partial charge on any atom is 0.0669 e. The fourth-order valence-electron chi connectivity index (χ4n) is 2.82. The van der Waals surface area contributed by atoms with Crippen LogP contribution in [0.5, 0.6) is 0 Å². The minimum absolute atomic E-state index is 0.383. The van der Waals surface area contributed by atoms with Crippen molar-refractivity contribution >= 4 is 17.3 Å². The van der Waals surface area contributed by atoms with E-state index < -0.39 is 0 Å². The van der Waals surface area contributed by atoms with E-state index in [1.165, 1.54) is 11.3 Å². The molecule has 2 aromatic carbocycles. The Balaban J connectivity index is 1.93. The van der Waals surface area contributed by atoms with Crippen molar-refractivity contribution in [3.8, 4) is 0 Å². The van der Waals surface area contributed by atoms with Gasteiger partial charge in [0.15, 0.2) is 0 Å². The largest absolute Gasteiger partial charge is 0.362 e. The van der Waals surface area contributed by atoms with Crippen LogP contribution >= 0.6 is 11.6 Å². The normalized spacial score (nSPS) is 20.1. The Morgan fingerprint density at radius 2 is 1.65 bits per heavy atom. The fourth-order valence-corrected chi connectivity index (χ4v) is 2.94. The van der Waals surface area contributed by atoms with Gasteiger partial charge in [-0.15, -0.1) is 0 Å². The SMILES string of the molecule is CN1CCN(c2ccccc2)C(c2ccc(Cl)cc2)C1. The molecule has 2 aromatic rings. The Morgan fingerprint density at radius 1 is 0.950 bits per heavy atom. The molecule has 3 rings (SSSR count). The first kappa shape index (κ1) is 13.5. The number of hydrogen-bond acceptors (Lipinski definition) is 2. The van der Waals surface area contributed by atoms with Crippen LogP contribution in [0.15, 0.2) is 54.6 Å². The molecule has 1 atom stereocenters. The molecule has 1 aliphatic rings. The van der Waals surface area contributed by atoms with Crippen molar-refractivity contribution < 1.29 is 0 Å². The Hall–Kier alpha value is -1.51. The van der Waals surface area contributed by atoms with Crippen LogP contribution in [-0.4, -0.2) is 31.6 Å². The van der Waals surface area contributed by atoms with Gasteiger partial charge in [-0.2, -0.15) is 0 Å². The van der Waals surface area contributed by atoms with Crippen molar-refractivity contribution in [2.24, 2.45) is 0 Å². The molecule has 20 heavy (non-hydrogen) atoms. The number of para-hydroxylation sites is 1. The lowest BCUT2D eigenvalue weighted by Gasteiger charge is -2.42. The molecule has 3 heteroatoms. The molecule has 1 aliphatic heterocycles. The number of benzene rings is 2. The van der Waals surface area contributed by atoms with Gasteiger partial charge in [-0.25, -0.2) is 0 Å². The minimum atomic E-state index is 0.383. The molecule has 0 amide bonds. The molecule has 0 spiro atoms. The van der Waals surface area contributed by atoms with Crippen LogP contribution in [0.2, 0.25) is 5.02 Å². The summed E-state index contributed by atoms with van der Waals surface area (Å²) in [5, 5.41) is 0.796. The van der Waals surface area contributed by atoms with Gasteiger partial charge in [0, 0.05) is 30.3 Å². The molecular weight excluding hydrogens is 268 g/mol. The van der Waals surface area contributed by atoms with Gasteiger partial charge < -0.3 is 9.80 Å². The van der Waals surface area contributed by atoms with E-state index in [1.54, 1.807) is 0 Å². The third-order valence-electron chi connectivity index (χ3n) is 3.93. The smallest absolute Gasteiger partial charge is 0.0669 e. The van der Waals surface area contributed by atoms with Crippen LogP contribution < -0.4 is 4.90 Å². The second kappa shape index (κ2) is 5.86. The molecular formula is C17H19ClN2. The van der Waals surface area contributed by atoms with Gasteiger partial charge in [-0.1, -0.05) is 41.9 Å². The van der Waals surface area contributed by atoms with Gasteiger partial charge in [0.05, 0.1) is 6.04 Å². The van der Waals surface area contributed by atoms with Crippen LogP contribution in [0.25, 0.3) is 0 Å². The molecule has 0 bridgehead atoms. The second-order valence-electron chi connectivity index (χ2n) is 5.36. The number of halogens is 1. The number of nitrogens with zero attached hydrogens (tertiary/aromatic N) is 2. The Labute approximate surface area is 125 Å². The lowest BCUT2D eigenvalue weighted by atomic mass is 10.0. The summed E-state index contributed by atoms with van der Waals surface area (Å²) >= 11 is 6.01. The van der Waals surface area contributed by atoms with Gasteiger partial charge in [0.2, 0.25) is 0 Å². The van der Waals surface area contributed by atoms with Gasteiger partial charge >= 0.3 is 0 Å². The highest BCUT2D eigenvalue weighted by atomic mass is 35.5. The van der Waals surface area contributed by atoms with E-state index >= 15 is 0 Å². The molecule has 0 N–H and O–H groups in total. The van der Waals surface area contributed by atoms with Crippen LogP contribution in [0.4, 0.5) is 5.69 Å². The first-order chi connectivity index (χ1) is 9.74. The maximum atomic E-state index is 6.01. The number of anilines is 1.